The minimum Gasteiger partial charge on any atom is -0.370 e. The fourth-order valence-corrected chi connectivity index (χ4v) is 1.95. The molecule has 1 atom stereocenters. The van der Waals surface area contributed by atoms with Gasteiger partial charge in [0.15, 0.2) is 0 Å². The Morgan fingerprint density at radius 2 is 2.60 bits per heavy atom. The van der Waals surface area contributed by atoms with Gasteiger partial charge in [-0.3, -0.25) is 4.99 Å². The molecule has 0 spiro atoms. The first-order valence-corrected chi connectivity index (χ1v) is 4.74. The van der Waals surface area contributed by atoms with Crippen molar-refractivity contribution < 1.29 is 0 Å². The van der Waals surface area contributed by atoms with Crippen molar-refractivity contribution in [2.45, 2.75) is 10.3 Å². The number of aliphatic imine (C=N–C) groups is 1. The Morgan fingerprint density at radius 3 is 3.50 bits per heavy atom. The van der Waals surface area contributed by atoms with Crippen molar-refractivity contribution in [2.24, 2.45) is 4.99 Å². The van der Waals surface area contributed by atoms with Crippen LogP contribution < -0.4 is 5.32 Å². The number of halogens is 1. The van der Waals surface area contributed by atoms with Crippen LogP contribution in [0.3, 0.4) is 0 Å². The molecule has 3 heteroatoms. The largest absolute Gasteiger partial charge is 0.370 e. The van der Waals surface area contributed by atoms with Gasteiger partial charge in [-0.15, -0.1) is 0 Å². The number of rotatable bonds is 0. The second-order valence-electron chi connectivity index (χ2n) is 2.57. The lowest BCUT2D eigenvalue weighted by Gasteiger charge is -2.10. The molecule has 0 radical (unpaired) electrons. The Bertz CT molecular complexity index is 208. The number of hydrogen-bond donors (Lipinski definition) is 1. The van der Waals surface area contributed by atoms with Crippen molar-refractivity contribution in [3.63, 3.8) is 0 Å². The average molecular weight is 248 g/mol. The lowest BCUT2D eigenvalue weighted by Crippen LogP contribution is -2.20. The molecule has 2 aliphatic heterocycles. The van der Waals surface area contributed by atoms with E-state index in [0.29, 0.717) is 3.92 Å². The standard InChI is InChI=1S/C7H9IN2/c8-6-3-5-1-2-9-7(5)10-4-6/h3,6H,1-2,4H2,(H,9,10). The van der Waals surface area contributed by atoms with Crippen molar-refractivity contribution in [1.82, 2.24) is 5.32 Å². The second kappa shape index (κ2) is 2.53. The lowest BCUT2D eigenvalue weighted by molar-refractivity contribution is 0.953. The summed E-state index contributed by atoms with van der Waals surface area (Å²) in [5, 5.41) is 3.26. The van der Waals surface area contributed by atoms with Crippen LogP contribution in [-0.2, 0) is 0 Å². The zero-order valence-corrected chi connectivity index (χ0v) is 7.76. The van der Waals surface area contributed by atoms with Gasteiger partial charge in [0, 0.05) is 10.5 Å². The normalized spacial score (nSPS) is 30.3. The Hall–Kier alpha value is -0.0600. The van der Waals surface area contributed by atoms with Gasteiger partial charge in [-0.2, -0.15) is 0 Å². The van der Waals surface area contributed by atoms with Gasteiger partial charge in [0.1, 0.15) is 5.84 Å². The molecule has 0 amide bonds. The monoisotopic (exact) mass is 248 g/mol. The lowest BCUT2D eigenvalue weighted by atomic mass is 10.1. The molecule has 0 bridgehead atoms. The fraction of sp³-hybridized carbons (Fsp3) is 0.571. The van der Waals surface area contributed by atoms with E-state index >= 15 is 0 Å². The van der Waals surface area contributed by atoms with E-state index in [1.165, 1.54) is 12.0 Å². The topological polar surface area (TPSA) is 24.4 Å². The minimum absolute atomic E-state index is 0.622. The number of nitrogens with zero attached hydrogens (tertiary/aromatic N) is 1. The number of alkyl halides is 1. The number of amidine groups is 1. The van der Waals surface area contributed by atoms with Crippen molar-refractivity contribution in [3.05, 3.63) is 11.6 Å². The van der Waals surface area contributed by atoms with E-state index in [4.69, 9.17) is 0 Å². The number of fused-ring (bicyclic) bond motifs is 1. The van der Waals surface area contributed by atoms with Crippen LogP contribution in [0.5, 0.6) is 0 Å². The Balaban J connectivity index is 2.27. The summed E-state index contributed by atoms with van der Waals surface area (Å²) in [5.74, 6) is 1.15. The van der Waals surface area contributed by atoms with Gasteiger partial charge in [-0.25, -0.2) is 0 Å². The summed E-state index contributed by atoms with van der Waals surface area (Å²) in [6, 6.07) is 0. The molecular formula is C7H9IN2. The Morgan fingerprint density at radius 1 is 1.70 bits per heavy atom. The summed E-state index contributed by atoms with van der Waals surface area (Å²) in [6.45, 7) is 2.03. The number of nitrogens with one attached hydrogen (secondary N) is 1. The Labute approximate surface area is 73.9 Å². The molecule has 1 N–H and O–H groups in total. The highest BCUT2D eigenvalue weighted by Gasteiger charge is 2.18. The molecule has 10 heavy (non-hydrogen) atoms. The molecular weight excluding hydrogens is 239 g/mol. The SMILES string of the molecule is IC1C=C2CCNC2=NC1. The molecule has 0 saturated carbocycles. The minimum atomic E-state index is 0.622. The zero-order chi connectivity index (χ0) is 6.97. The van der Waals surface area contributed by atoms with Gasteiger partial charge in [-0.1, -0.05) is 28.7 Å². The fourth-order valence-electron chi connectivity index (χ4n) is 1.32. The van der Waals surface area contributed by atoms with Crippen molar-refractivity contribution in [2.75, 3.05) is 13.1 Å². The van der Waals surface area contributed by atoms with Crippen LogP contribution in [0.4, 0.5) is 0 Å². The molecule has 0 aliphatic carbocycles. The third kappa shape index (κ3) is 1.07. The molecule has 54 valence electrons. The predicted octanol–water partition coefficient (Wildman–Crippen LogP) is 1.12. The van der Waals surface area contributed by atoms with Crippen LogP contribution in [0.15, 0.2) is 16.6 Å². The summed E-state index contributed by atoms with van der Waals surface area (Å²) in [4.78, 5) is 4.40. The molecule has 1 fully saturated rings. The predicted molar refractivity (Wildman–Crippen MR) is 50.8 cm³/mol. The maximum Gasteiger partial charge on any atom is 0.123 e. The summed E-state index contributed by atoms with van der Waals surface area (Å²) in [6.07, 6.45) is 3.49. The number of hydrogen-bond acceptors (Lipinski definition) is 2. The zero-order valence-electron chi connectivity index (χ0n) is 5.60. The van der Waals surface area contributed by atoms with Gasteiger partial charge >= 0.3 is 0 Å². The van der Waals surface area contributed by atoms with E-state index in [0.717, 1.165) is 18.9 Å². The van der Waals surface area contributed by atoms with Gasteiger partial charge in [0.05, 0.1) is 6.54 Å². The molecule has 1 saturated heterocycles. The molecule has 1 unspecified atom stereocenters. The van der Waals surface area contributed by atoms with Gasteiger partial charge in [0.2, 0.25) is 0 Å². The van der Waals surface area contributed by atoms with E-state index in [2.05, 4.69) is 39.0 Å². The third-order valence-corrected chi connectivity index (χ3v) is 2.55. The average Bonchev–Trinajstić information content (AvgIpc) is 2.33. The maximum atomic E-state index is 4.40. The molecule has 0 aromatic rings. The second-order valence-corrected chi connectivity index (χ2v) is 4.17. The summed E-state index contributed by atoms with van der Waals surface area (Å²) >= 11 is 2.42. The summed E-state index contributed by atoms with van der Waals surface area (Å²) < 4.78 is 0.622. The van der Waals surface area contributed by atoms with Gasteiger partial charge < -0.3 is 5.32 Å². The molecule has 0 aromatic heterocycles. The van der Waals surface area contributed by atoms with E-state index in [1.54, 1.807) is 0 Å². The molecule has 2 aliphatic rings. The van der Waals surface area contributed by atoms with E-state index in [9.17, 15) is 0 Å². The number of dihydropyridines is 1. The van der Waals surface area contributed by atoms with E-state index in [-0.39, 0.29) is 0 Å². The Kier molecular flexibility index (Phi) is 1.68. The van der Waals surface area contributed by atoms with Crippen LogP contribution in [0.1, 0.15) is 6.42 Å². The highest BCUT2D eigenvalue weighted by Crippen LogP contribution is 2.18. The quantitative estimate of drug-likeness (QED) is 0.504. The molecule has 2 heterocycles. The first-order valence-electron chi connectivity index (χ1n) is 3.50. The summed E-state index contributed by atoms with van der Waals surface area (Å²) in [5.41, 5.74) is 1.42. The highest BCUT2D eigenvalue weighted by atomic mass is 127. The first kappa shape index (κ1) is 6.64. The van der Waals surface area contributed by atoms with Gasteiger partial charge in [0.25, 0.3) is 0 Å². The highest BCUT2D eigenvalue weighted by molar-refractivity contribution is 14.1. The summed E-state index contributed by atoms with van der Waals surface area (Å²) in [7, 11) is 0. The van der Waals surface area contributed by atoms with Crippen molar-refractivity contribution in [3.8, 4) is 0 Å². The molecule has 2 rings (SSSR count). The van der Waals surface area contributed by atoms with Crippen molar-refractivity contribution in [1.29, 1.82) is 0 Å². The third-order valence-electron chi connectivity index (χ3n) is 1.80. The molecule has 0 aromatic carbocycles. The smallest absolute Gasteiger partial charge is 0.123 e. The first-order chi connectivity index (χ1) is 4.86. The van der Waals surface area contributed by atoms with Crippen LogP contribution in [-0.4, -0.2) is 22.8 Å². The van der Waals surface area contributed by atoms with Gasteiger partial charge in [-0.05, 0) is 12.0 Å². The molecule has 2 nitrogen and oxygen atoms in total. The van der Waals surface area contributed by atoms with Crippen LogP contribution in [0.2, 0.25) is 0 Å². The van der Waals surface area contributed by atoms with Crippen LogP contribution in [0.25, 0.3) is 0 Å². The maximum absolute atomic E-state index is 4.40. The van der Waals surface area contributed by atoms with Crippen LogP contribution >= 0.6 is 22.6 Å². The van der Waals surface area contributed by atoms with E-state index in [1.807, 2.05) is 0 Å². The van der Waals surface area contributed by atoms with Crippen molar-refractivity contribution >= 4 is 28.4 Å². The van der Waals surface area contributed by atoms with E-state index < -0.39 is 0 Å². The van der Waals surface area contributed by atoms with Crippen LogP contribution in [0, 0.1) is 0 Å².